The van der Waals surface area contributed by atoms with Crippen LogP contribution in [0.1, 0.15) is 17.6 Å². The topological polar surface area (TPSA) is 97.5 Å². The van der Waals surface area contributed by atoms with Gasteiger partial charge in [-0.15, -0.1) is 0 Å². The number of rotatable bonds is 3. The van der Waals surface area contributed by atoms with E-state index in [1.807, 2.05) is 13.0 Å². The Morgan fingerprint density at radius 3 is 2.62 bits per heavy atom. The van der Waals surface area contributed by atoms with Crippen LogP contribution in [0.25, 0.3) is 11.1 Å². The van der Waals surface area contributed by atoms with Gasteiger partial charge in [-0.3, -0.25) is 9.79 Å². The molecule has 152 valence electrons. The highest BCUT2D eigenvalue weighted by atomic mass is 16.6. The molecule has 1 aromatic carbocycles. The number of dihydropyridines is 1. The Kier molecular flexibility index (Phi) is 4.96. The Hall–Kier alpha value is -3.36. The number of piperazine rings is 1. The molecular formula is C20H22N4O5. The number of para-hydroxylation sites is 1. The first-order valence-corrected chi connectivity index (χ1v) is 9.37. The Morgan fingerprint density at radius 1 is 1.17 bits per heavy atom. The summed E-state index contributed by atoms with van der Waals surface area (Å²) in [5, 5.41) is 0. The standard InChI is InChI=1S/C20H22N4O5/c1-20(7-4-8-21-13-20)29-19(26)24-11-9-23(10-12-24)18(25)17-22-14-5-3-6-15(27-2)16(14)28-17/h3-8H,9-13H2,1-2H3. The van der Waals surface area contributed by atoms with Gasteiger partial charge in [0.15, 0.2) is 11.3 Å². The number of benzene rings is 1. The van der Waals surface area contributed by atoms with Gasteiger partial charge in [0.1, 0.15) is 11.1 Å². The predicted molar refractivity (Wildman–Crippen MR) is 105 cm³/mol. The molecule has 0 bridgehead atoms. The van der Waals surface area contributed by atoms with Gasteiger partial charge in [0.05, 0.1) is 13.7 Å². The molecule has 4 rings (SSSR count). The summed E-state index contributed by atoms with van der Waals surface area (Å²) in [5.74, 6) is 0.224. The summed E-state index contributed by atoms with van der Waals surface area (Å²) in [6, 6.07) is 5.30. The molecule has 29 heavy (non-hydrogen) atoms. The molecule has 2 aromatic rings. The normalized spacial score (nSPS) is 21.4. The fourth-order valence-corrected chi connectivity index (χ4v) is 3.33. The van der Waals surface area contributed by atoms with Crippen LogP contribution < -0.4 is 4.74 Å². The van der Waals surface area contributed by atoms with Crippen molar-refractivity contribution in [3.63, 3.8) is 0 Å². The number of aliphatic imine (C=N–C) groups is 1. The molecular weight excluding hydrogens is 376 g/mol. The van der Waals surface area contributed by atoms with Crippen LogP contribution in [-0.2, 0) is 4.74 Å². The lowest BCUT2D eigenvalue weighted by Gasteiger charge is -2.36. The molecule has 1 aromatic heterocycles. The number of hydrogen-bond acceptors (Lipinski definition) is 7. The lowest BCUT2D eigenvalue weighted by molar-refractivity contribution is 0.0218. The molecule has 9 nitrogen and oxygen atoms in total. The summed E-state index contributed by atoms with van der Waals surface area (Å²) in [5.41, 5.74) is 0.263. The van der Waals surface area contributed by atoms with Gasteiger partial charge in [0, 0.05) is 32.4 Å². The lowest BCUT2D eigenvalue weighted by atomic mass is 10.1. The van der Waals surface area contributed by atoms with E-state index >= 15 is 0 Å². The number of carbonyl (C=O) groups is 2. The lowest BCUT2D eigenvalue weighted by Crippen LogP contribution is -2.52. The quantitative estimate of drug-likeness (QED) is 0.786. The van der Waals surface area contributed by atoms with Crippen molar-refractivity contribution in [2.75, 3.05) is 39.8 Å². The molecule has 0 aliphatic carbocycles. The van der Waals surface area contributed by atoms with Gasteiger partial charge in [-0.25, -0.2) is 9.78 Å². The van der Waals surface area contributed by atoms with E-state index in [1.165, 1.54) is 7.11 Å². The van der Waals surface area contributed by atoms with Gasteiger partial charge in [-0.05, 0) is 31.2 Å². The monoisotopic (exact) mass is 398 g/mol. The number of carbonyl (C=O) groups excluding carboxylic acids is 2. The minimum atomic E-state index is -0.740. The van der Waals surface area contributed by atoms with Crippen molar-refractivity contribution in [2.45, 2.75) is 12.5 Å². The second-order valence-corrected chi connectivity index (χ2v) is 7.14. The first kappa shape index (κ1) is 19.0. The smallest absolute Gasteiger partial charge is 0.410 e. The summed E-state index contributed by atoms with van der Waals surface area (Å²) >= 11 is 0. The van der Waals surface area contributed by atoms with Crippen LogP contribution in [-0.4, -0.2) is 78.4 Å². The highest BCUT2D eigenvalue weighted by molar-refractivity contribution is 5.93. The van der Waals surface area contributed by atoms with E-state index in [2.05, 4.69) is 9.98 Å². The van der Waals surface area contributed by atoms with Gasteiger partial charge in [-0.1, -0.05) is 6.07 Å². The van der Waals surface area contributed by atoms with Crippen LogP contribution in [0.2, 0.25) is 0 Å². The Morgan fingerprint density at radius 2 is 1.93 bits per heavy atom. The number of amides is 2. The summed E-state index contributed by atoms with van der Waals surface area (Å²) < 4.78 is 16.5. The minimum absolute atomic E-state index is 0.0123. The summed E-state index contributed by atoms with van der Waals surface area (Å²) in [6.07, 6.45) is 4.86. The zero-order chi connectivity index (χ0) is 20.4. The number of fused-ring (bicyclic) bond motifs is 1. The molecule has 1 unspecified atom stereocenters. The highest BCUT2D eigenvalue weighted by Crippen LogP contribution is 2.26. The second kappa shape index (κ2) is 7.57. The Bertz CT molecular complexity index is 990. The molecule has 2 amide bonds. The van der Waals surface area contributed by atoms with E-state index in [4.69, 9.17) is 13.9 Å². The van der Waals surface area contributed by atoms with Gasteiger partial charge in [-0.2, -0.15) is 0 Å². The predicted octanol–water partition coefficient (Wildman–Crippen LogP) is 2.13. The number of oxazole rings is 1. The summed E-state index contributed by atoms with van der Waals surface area (Å²) in [6.45, 7) is 3.70. The van der Waals surface area contributed by atoms with Crippen LogP contribution >= 0.6 is 0 Å². The Labute approximate surface area is 167 Å². The van der Waals surface area contributed by atoms with Crippen LogP contribution in [0, 0.1) is 0 Å². The molecule has 9 heteroatoms. The van der Waals surface area contributed by atoms with E-state index in [0.717, 1.165) is 0 Å². The number of ether oxygens (including phenoxy) is 2. The van der Waals surface area contributed by atoms with Crippen molar-refractivity contribution in [1.82, 2.24) is 14.8 Å². The summed E-state index contributed by atoms with van der Waals surface area (Å²) in [4.78, 5) is 36.9. The van der Waals surface area contributed by atoms with Crippen molar-refractivity contribution in [1.29, 1.82) is 0 Å². The molecule has 0 spiro atoms. The van der Waals surface area contributed by atoms with E-state index in [0.29, 0.717) is 49.6 Å². The second-order valence-electron chi connectivity index (χ2n) is 7.14. The molecule has 1 fully saturated rings. The maximum absolute atomic E-state index is 12.8. The SMILES string of the molecule is COc1cccc2nc(C(=O)N3CCN(C(=O)OC4(C)C=CC=NC4)CC3)oc12. The molecule has 0 N–H and O–H groups in total. The fraction of sp³-hybridized carbons (Fsp3) is 0.400. The average Bonchev–Trinajstić information content (AvgIpc) is 3.18. The molecule has 2 aliphatic heterocycles. The van der Waals surface area contributed by atoms with E-state index in [1.54, 1.807) is 40.3 Å². The van der Waals surface area contributed by atoms with E-state index in [-0.39, 0.29) is 11.8 Å². The third-order valence-corrected chi connectivity index (χ3v) is 4.97. The molecule has 1 saturated heterocycles. The van der Waals surface area contributed by atoms with Crippen LogP contribution in [0.4, 0.5) is 4.79 Å². The van der Waals surface area contributed by atoms with Gasteiger partial charge in [0.25, 0.3) is 5.89 Å². The maximum Gasteiger partial charge on any atom is 0.410 e. The number of aromatic nitrogens is 1. The van der Waals surface area contributed by atoms with Gasteiger partial charge >= 0.3 is 12.0 Å². The Balaban J connectivity index is 1.38. The zero-order valence-electron chi connectivity index (χ0n) is 16.3. The first-order valence-electron chi connectivity index (χ1n) is 9.37. The van der Waals surface area contributed by atoms with Crippen LogP contribution in [0.5, 0.6) is 5.75 Å². The van der Waals surface area contributed by atoms with Gasteiger partial charge in [0.2, 0.25) is 0 Å². The number of nitrogens with zero attached hydrogens (tertiary/aromatic N) is 4. The maximum atomic E-state index is 12.8. The molecule has 3 heterocycles. The minimum Gasteiger partial charge on any atom is -0.493 e. The van der Waals surface area contributed by atoms with Crippen molar-refractivity contribution in [2.24, 2.45) is 4.99 Å². The third-order valence-electron chi connectivity index (χ3n) is 4.97. The van der Waals surface area contributed by atoms with Crippen molar-refractivity contribution < 1.29 is 23.5 Å². The molecule has 2 aliphatic rings. The summed E-state index contributed by atoms with van der Waals surface area (Å²) in [7, 11) is 1.53. The van der Waals surface area contributed by atoms with Crippen molar-refractivity contribution in [3.8, 4) is 5.75 Å². The molecule has 0 saturated carbocycles. The largest absolute Gasteiger partial charge is 0.493 e. The highest BCUT2D eigenvalue weighted by Gasteiger charge is 2.32. The van der Waals surface area contributed by atoms with Crippen molar-refractivity contribution >= 4 is 29.3 Å². The van der Waals surface area contributed by atoms with E-state index < -0.39 is 11.7 Å². The van der Waals surface area contributed by atoms with Crippen molar-refractivity contribution in [3.05, 3.63) is 36.2 Å². The fourth-order valence-electron chi connectivity index (χ4n) is 3.33. The van der Waals surface area contributed by atoms with Crippen LogP contribution in [0.15, 0.2) is 39.8 Å². The zero-order valence-corrected chi connectivity index (χ0v) is 16.3. The van der Waals surface area contributed by atoms with E-state index in [9.17, 15) is 9.59 Å². The molecule has 1 atom stereocenters. The first-order chi connectivity index (χ1) is 14.0. The van der Waals surface area contributed by atoms with Gasteiger partial charge < -0.3 is 23.7 Å². The van der Waals surface area contributed by atoms with Crippen LogP contribution in [0.3, 0.4) is 0 Å². The average molecular weight is 398 g/mol. The third kappa shape index (κ3) is 3.80. The number of allylic oxidation sites excluding steroid dienone is 1. The number of methoxy groups -OCH3 is 1. The number of hydrogen-bond donors (Lipinski definition) is 0. The molecule has 0 radical (unpaired) electrons.